The van der Waals surface area contributed by atoms with Gasteiger partial charge in [0.25, 0.3) is 0 Å². The van der Waals surface area contributed by atoms with Crippen molar-refractivity contribution in [3.8, 4) is 0 Å². The van der Waals surface area contributed by atoms with Gasteiger partial charge in [0, 0.05) is 0 Å². The van der Waals surface area contributed by atoms with Gasteiger partial charge < -0.3 is 14.4 Å². The highest BCUT2D eigenvalue weighted by Gasteiger charge is 2.52. The van der Waals surface area contributed by atoms with E-state index in [-0.39, 0.29) is 5.56 Å². The molecular formula is C13H18BNO4. The number of carbonyl (C=O) groups is 1. The summed E-state index contributed by atoms with van der Waals surface area (Å²) >= 11 is 0. The fourth-order valence-corrected chi connectivity index (χ4v) is 1.90. The summed E-state index contributed by atoms with van der Waals surface area (Å²) in [7, 11) is -0.563. The van der Waals surface area contributed by atoms with Gasteiger partial charge >= 0.3 is 13.1 Å². The Morgan fingerprint density at radius 2 is 1.74 bits per heavy atom. The van der Waals surface area contributed by atoms with Crippen molar-refractivity contribution in [3.05, 3.63) is 23.4 Å². The van der Waals surface area contributed by atoms with E-state index in [0.717, 1.165) is 0 Å². The number of aryl methyl sites for hydroxylation is 1. The summed E-state index contributed by atoms with van der Waals surface area (Å²) in [5, 5.41) is 8.99. The number of hydrogen-bond donors (Lipinski definition) is 1. The molecule has 102 valence electrons. The molecule has 2 heterocycles. The predicted octanol–water partition coefficient (Wildman–Crippen LogP) is 1.39. The van der Waals surface area contributed by atoms with Crippen LogP contribution in [0.3, 0.4) is 0 Å². The molecule has 19 heavy (non-hydrogen) atoms. The van der Waals surface area contributed by atoms with Crippen LogP contribution < -0.4 is 5.59 Å². The summed E-state index contributed by atoms with van der Waals surface area (Å²) in [4.78, 5) is 15.2. The van der Waals surface area contributed by atoms with E-state index in [1.54, 1.807) is 13.0 Å². The minimum absolute atomic E-state index is 0.195. The third-order valence-electron chi connectivity index (χ3n) is 3.83. The molecule has 0 unspecified atom stereocenters. The van der Waals surface area contributed by atoms with E-state index >= 15 is 0 Å². The molecule has 0 atom stereocenters. The minimum Gasteiger partial charge on any atom is -0.478 e. The molecule has 1 aliphatic heterocycles. The van der Waals surface area contributed by atoms with E-state index in [9.17, 15) is 4.79 Å². The summed E-state index contributed by atoms with van der Waals surface area (Å²) < 4.78 is 11.7. The largest absolute Gasteiger partial charge is 0.514 e. The van der Waals surface area contributed by atoms with Crippen molar-refractivity contribution < 1.29 is 19.2 Å². The molecular weight excluding hydrogens is 245 g/mol. The number of carboxylic acid groups (broad SMARTS) is 1. The second-order valence-electron chi connectivity index (χ2n) is 5.76. The molecule has 6 heteroatoms. The van der Waals surface area contributed by atoms with Gasteiger partial charge in [0.15, 0.2) is 0 Å². The topological polar surface area (TPSA) is 68.7 Å². The standard InChI is InChI=1S/C13H18BNO4/c1-8-9(11(16)17)6-7-10(15-8)14-18-12(2,3)13(4,5)19-14/h6-7H,1-5H3,(H,16,17). The zero-order valence-corrected chi connectivity index (χ0v) is 11.9. The van der Waals surface area contributed by atoms with Gasteiger partial charge in [-0.3, -0.25) is 4.98 Å². The van der Waals surface area contributed by atoms with Crippen LogP contribution in [0.25, 0.3) is 0 Å². The van der Waals surface area contributed by atoms with Crippen molar-refractivity contribution in [3.63, 3.8) is 0 Å². The monoisotopic (exact) mass is 263 g/mol. The number of aromatic nitrogens is 1. The molecule has 1 aliphatic rings. The zero-order valence-electron chi connectivity index (χ0n) is 11.9. The van der Waals surface area contributed by atoms with Crippen LogP contribution in [-0.4, -0.2) is 34.4 Å². The Balaban J connectivity index is 2.31. The third kappa shape index (κ3) is 2.38. The summed E-state index contributed by atoms with van der Waals surface area (Å²) in [5.41, 5.74) is 0.387. The average molecular weight is 263 g/mol. The Labute approximate surface area is 113 Å². The van der Waals surface area contributed by atoms with E-state index in [4.69, 9.17) is 14.4 Å². The number of pyridine rings is 1. The molecule has 1 saturated heterocycles. The highest BCUT2D eigenvalue weighted by atomic mass is 16.7. The lowest BCUT2D eigenvalue weighted by Gasteiger charge is -2.32. The Kier molecular flexibility index (Phi) is 3.19. The summed E-state index contributed by atoms with van der Waals surface area (Å²) in [5.74, 6) is -0.981. The lowest BCUT2D eigenvalue weighted by Crippen LogP contribution is -2.41. The van der Waals surface area contributed by atoms with Crippen LogP contribution in [0.1, 0.15) is 43.7 Å². The molecule has 5 nitrogen and oxygen atoms in total. The molecule has 0 amide bonds. The van der Waals surface area contributed by atoms with Crippen LogP contribution in [0.2, 0.25) is 0 Å². The Morgan fingerprint density at radius 1 is 1.21 bits per heavy atom. The van der Waals surface area contributed by atoms with Crippen molar-refractivity contribution in [1.82, 2.24) is 4.98 Å². The van der Waals surface area contributed by atoms with E-state index in [1.807, 2.05) is 27.7 Å². The van der Waals surface area contributed by atoms with E-state index in [1.165, 1.54) is 6.07 Å². The van der Waals surface area contributed by atoms with Crippen LogP contribution in [0.15, 0.2) is 12.1 Å². The van der Waals surface area contributed by atoms with Crippen LogP contribution in [0.5, 0.6) is 0 Å². The van der Waals surface area contributed by atoms with Gasteiger partial charge in [0.2, 0.25) is 0 Å². The molecule has 2 rings (SSSR count). The highest BCUT2D eigenvalue weighted by molar-refractivity contribution is 6.61. The zero-order chi connectivity index (χ0) is 14.4. The molecule has 1 N–H and O–H groups in total. The number of rotatable bonds is 2. The van der Waals surface area contributed by atoms with Gasteiger partial charge in [-0.2, -0.15) is 0 Å². The van der Waals surface area contributed by atoms with Crippen LogP contribution in [0.4, 0.5) is 0 Å². The first-order valence-corrected chi connectivity index (χ1v) is 6.20. The molecule has 0 bridgehead atoms. The Morgan fingerprint density at radius 3 is 2.16 bits per heavy atom. The van der Waals surface area contributed by atoms with Gasteiger partial charge in [0.1, 0.15) is 0 Å². The molecule has 0 radical (unpaired) electrons. The Hall–Kier alpha value is -1.40. The van der Waals surface area contributed by atoms with Crippen molar-refractivity contribution in [2.75, 3.05) is 0 Å². The maximum atomic E-state index is 11.0. The van der Waals surface area contributed by atoms with E-state index in [0.29, 0.717) is 11.3 Å². The molecule has 0 saturated carbocycles. The minimum atomic E-state index is -0.981. The van der Waals surface area contributed by atoms with Crippen molar-refractivity contribution >= 4 is 18.7 Å². The molecule has 1 fully saturated rings. The molecule has 0 spiro atoms. The second-order valence-corrected chi connectivity index (χ2v) is 5.76. The number of aromatic carboxylic acids is 1. The maximum absolute atomic E-state index is 11.0. The fraction of sp³-hybridized carbons (Fsp3) is 0.538. The lowest BCUT2D eigenvalue weighted by molar-refractivity contribution is 0.00578. The fourth-order valence-electron chi connectivity index (χ4n) is 1.90. The van der Waals surface area contributed by atoms with Gasteiger partial charge in [-0.1, -0.05) is 0 Å². The predicted molar refractivity (Wildman–Crippen MR) is 71.6 cm³/mol. The van der Waals surface area contributed by atoms with Gasteiger partial charge in [0.05, 0.1) is 28.1 Å². The van der Waals surface area contributed by atoms with Crippen LogP contribution >= 0.6 is 0 Å². The van der Waals surface area contributed by atoms with Crippen LogP contribution in [-0.2, 0) is 9.31 Å². The first kappa shape index (κ1) is 14.0. The molecule has 0 aliphatic carbocycles. The molecule has 0 aromatic carbocycles. The first-order valence-electron chi connectivity index (χ1n) is 6.20. The lowest BCUT2D eigenvalue weighted by atomic mass is 9.83. The van der Waals surface area contributed by atoms with Crippen molar-refractivity contribution in [2.24, 2.45) is 0 Å². The third-order valence-corrected chi connectivity index (χ3v) is 3.83. The Bertz CT molecular complexity index is 511. The molecule has 1 aromatic heterocycles. The summed E-state index contributed by atoms with van der Waals surface area (Å²) in [6.45, 7) is 9.52. The summed E-state index contributed by atoms with van der Waals surface area (Å²) in [6.07, 6.45) is 0. The summed E-state index contributed by atoms with van der Waals surface area (Å²) in [6, 6.07) is 3.17. The van der Waals surface area contributed by atoms with E-state index < -0.39 is 24.3 Å². The SMILES string of the molecule is Cc1nc(B2OC(C)(C)C(C)(C)O2)ccc1C(=O)O. The van der Waals surface area contributed by atoms with Gasteiger partial charge in [-0.25, -0.2) is 4.79 Å². The first-order chi connectivity index (χ1) is 8.64. The van der Waals surface area contributed by atoms with Crippen molar-refractivity contribution in [2.45, 2.75) is 45.8 Å². The second kappa shape index (κ2) is 4.32. The van der Waals surface area contributed by atoms with Crippen molar-refractivity contribution in [1.29, 1.82) is 0 Å². The van der Waals surface area contributed by atoms with Gasteiger partial charge in [-0.15, -0.1) is 0 Å². The normalized spacial score (nSPS) is 20.6. The van der Waals surface area contributed by atoms with Crippen LogP contribution in [0, 0.1) is 6.92 Å². The highest BCUT2D eigenvalue weighted by Crippen LogP contribution is 2.36. The smallest absolute Gasteiger partial charge is 0.478 e. The van der Waals surface area contributed by atoms with Gasteiger partial charge in [-0.05, 0) is 46.8 Å². The molecule has 1 aromatic rings. The number of carboxylic acids is 1. The number of hydrogen-bond acceptors (Lipinski definition) is 4. The number of nitrogens with zero attached hydrogens (tertiary/aromatic N) is 1. The average Bonchev–Trinajstić information content (AvgIpc) is 2.47. The quantitative estimate of drug-likeness (QED) is 0.816. The maximum Gasteiger partial charge on any atom is 0.514 e. The van der Waals surface area contributed by atoms with E-state index in [2.05, 4.69) is 4.98 Å².